The highest BCUT2D eigenvalue weighted by atomic mass is 35.5. The molecule has 6 nitrogen and oxygen atoms in total. The van der Waals surface area contributed by atoms with E-state index in [0.29, 0.717) is 24.9 Å². The number of carbonyl (C=O) groups is 1. The molecular weight excluding hydrogens is 282 g/mol. The van der Waals surface area contributed by atoms with Gasteiger partial charge in [-0.1, -0.05) is 12.1 Å². The lowest BCUT2D eigenvalue weighted by Crippen LogP contribution is -2.32. The van der Waals surface area contributed by atoms with Crippen LogP contribution in [-0.4, -0.2) is 41.9 Å². The van der Waals surface area contributed by atoms with Crippen molar-refractivity contribution < 1.29 is 9.72 Å². The number of benzene rings is 1. The molecule has 1 aromatic carbocycles. The molecule has 0 bridgehead atoms. The molecule has 0 radical (unpaired) electrons. The van der Waals surface area contributed by atoms with Gasteiger partial charge in [-0.05, 0) is 17.9 Å². The van der Waals surface area contributed by atoms with E-state index in [1.807, 2.05) is 0 Å². The predicted molar refractivity (Wildman–Crippen MR) is 76.1 cm³/mol. The number of hydrogen-bond acceptors (Lipinski definition) is 4. The minimum atomic E-state index is -0.494. The van der Waals surface area contributed by atoms with Crippen LogP contribution in [0.25, 0.3) is 0 Å². The summed E-state index contributed by atoms with van der Waals surface area (Å²) in [6.07, 6.45) is 0. The number of amides is 1. The number of rotatable bonds is 2. The van der Waals surface area contributed by atoms with Crippen molar-refractivity contribution in [3.05, 3.63) is 39.9 Å². The molecule has 0 aliphatic carbocycles. The zero-order valence-corrected chi connectivity index (χ0v) is 11.6. The maximum absolute atomic E-state index is 12.4. The molecule has 1 N–H and O–H groups in total. The third-order valence-corrected chi connectivity index (χ3v) is 4.01. The molecule has 0 aromatic heterocycles. The quantitative estimate of drug-likeness (QED) is 0.659. The van der Waals surface area contributed by atoms with E-state index in [1.54, 1.807) is 17.0 Å². The van der Waals surface area contributed by atoms with E-state index in [9.17, 15) is 14.9 Å². The first kappa shape index (κ1) is 14.7. The fourth-order valence-corrected chi connectivity index (χ4v) is 3.01. The van der Waals surface area contributed by atoms with E-state index in [4.69, 9.17) is 0 Å². The van der Waals surface area contributed by atoms with Crippen molar-refractivity contribution >= 4 is 24.0 Å². The average Bonchev–Trinajstić information content (AvgIpc) is 2.98. The molecule has 2 aliphatic heterocycles. The summed E-state index contributed by atoms with van der Waals surface area (Å²) in [6, 6.07) is 6.16. The first-order chi connectivity index (χ1) is 9.16. The number of carbonyl (C=O) groups excluding carboxylic acids is 1. The number of nitro benzene ring substituents is 1. The molecule has 2 fully saturated rings. The minimum absolute atomic E-state index is 0. The lowest BCUT2D eigenvalue weighted by Gasteiger charge is -2.17. The highest BCUT2D eigenvalue weighted by Gasteiger charge is 2.39. The van der Waals surface area contributed by atoms with Gasteiger partial charge in [-0.2, -0.15) is 0 Å². The summed E-state index contributed by atoms with van der Waals surface area (Å²) >= 11 is 0. The van der Waals surface area contributed by atoms with Crippen molar-refractivity contribution in [1.29, 1.82) is 0 Å². The second-order valence-corrected chi connectivity index (χ2v) is 5.16. The monoisotopic (exact) mass is 297 g/mol. The van der Waals surface area contributed by atoms with Gasteiger partial charge in [0.25, 0.3) is 11.6 Å². The second-order valence-electron chi connectivity index (χ2n) is 5.16. The maximum Gasteiger partial charge on any atom is 0.282 e. The van der Waals surface area contributed by atoms with Crippen LogP contribution in [-0.2, 0) is 0 Å². The number of hydrogen-bond donors (Lipinski definition) is 1. The Morgan fingerprint density at radius 2 is 1.85 bits per heavy atom. The van der Waals surface area contributed by atoms with E-state index < -0.39 is 4.92 Å². The van der Waals surface area contributed by atoms with Gasteiger partial charge in [0.2, 0.25) is 0 Å². The molecular formula is C13H16ClN3O3. The molecule has 2 heterocycles. The van der Waals surface area contributed by atoms with Crippen molar-refractivity contribution in [3.8, 4) is 0 Å². The molecule has 0 unspecified atom stereocenters. The van der Waals surface area contributed by atoms with Gasteiger partial charge in [-0.15, -0.1) is 12.4 Å². The molecule has 1 amide bonds. The molecule has 108 valence electrons. The summed E-state index contributed by atoms with van der Waals surface area (Å²) in [5.41, 5.74) is 0.0862. The molecule has 1 aromatic rings. The van der Waals surface area contributed by atoms with Gasteiger partial charge >= 0.3 is 0 Å². The number of fused-ring (bicyclic) bond motifs is 1. The molecule has 0 spiro atoms. The minimum Gasteiger partial charge on any atom is -0.338 e. The van der Waals surface area contributed by atoms with E-state index in [-0.39, 0.29) is 29.6 Å². The highest BCUT2D eigenvalue weighted by molar-refractivity contribution is 5.98. The Morgan fingerprint density at radius 3 is 2.45 bits per heavy atom. The zero-order valence-electron chi connectivity index (χ0n) is 10.8. The van der Waals surface area contributed by atoms with Crippen LogP contribution >= 0.6 is 12.4 Å². The fourth-order valence-electron chi connectivity index (χ4n) is 3.01. The summed E-state index contributed by atoms with van der Waals surface area (Å²) in [5.74, 6) is 0.764. The van der Waals surface area contributed by atoms with Gasteiger partial charge in [0, 0.05) is 32.2 Å². The topological polar surface area (TPSA) is 75.5 Å². The van der Waals surface area contributed by atoms with Crippen LogP contribution in [0.5, 0.6) is 0 Å². The summed E-state index contributed by atoms with van der Waals surface area (Å²) in [6.45, 7) is 3.27. The molecule has 2 aliphatic rings. The number of para-hydroxylation sites is 1. The fraction of sp³-hybridized carbons (Fsp3) is 0.462. The van der Waals surface area contributed by atoms with Gasteiger partial charge in [0.05, 0.1) is 4.92 Å². The van der Waals surface area contributed by atoms with Crippen LogP contribution in [0.15, 0.2) is 24.3 Å². The highest BCUT2D eigenvalue weighted by Crippen LogP contribution is 2.29. The molecule has 0 saturated carbocycles. The summed E-state index contributed by atoms with van der Waals surface area (Å²) in [7, 11) is 0. The van der Waals surface area contributed by atoms with Gasteiger partial charge in [0.15, 0.2) is 0 Å². The average molecular weight is 298 g/mol. The number of nitrogens with zero attached hydrogens (tertiary/aromatic N) is 2. The Kier molecular flexibility index (Phi) is 4.25. The Bertz CT molecular complexity index is 525. The van der Waals surface area contributed by atoms with Crippen LogP contribution in [0.1, 0.15) is 10.4 Å². The number of likely N-dealkylation sites (tertiary alicyclic amines) is 1. The smallest absolute Gasteiger partial charge is 0.282 e. The Hall–Kier alpha value is -1.66. The Balaban J connectivity index is 0.00000147. The third-order valence-electron chi connectivity index (χ3n) is 4.01. The molecule has 3 rings (SSSR count). The first-order valence-corrected chi connectivity index (χ1v) is 6.40. The number of nitrogens with one attached hydrogen (secondary N) is 1. The number of halogens is 1. The van der Waals surface area contributed by atoms with E-state index in [0.717, 1.165) is 13.1 Å². The lowest BCUT2D eigenvalue weighted by atomic mass is 10.0. The molecule has 2 saturated heterocycles. The van der Waals surface area contributed by atoms with Gasteiger partial charge < -0.3 is 10.2 Å². The normalized spacial score (nSPS) is 24.1. The maximum atomic E-state index is 12.4. The summed E-state index contributed by atoms with van der Waals surface area (Å²) in [5, 5.41) is 14.3. The molecule has 20 heavy (non-hydrogen) atoms. The standard InChI is InChI=1S/C13H15N3O3.ClH/c17-13(11-3-1-2-4-12(11)16(18)19)15-7-9-5-14-6-10(9)8-15;/h1-4,9-10,14H,5-8H2;1H/t9-,10+;. The SMILES string of the molecule is Cl.O=C(c1ccccc1[N+](=O)[O-])N1C[C@H]2CNC[C@H]2C1. The van der Waals surface area contributed by atoms with E-state index in [2.05, 4.69) is 5.32 Å². The van der Waals surface area contributed by atoms with Crippen molar-refractivity contribution in [3.63, 3.8) is 0 Å². The van der Waals surface area contributed by atoms with Crippen LogP contribution in [0.3, 0.4) is 0 Å². The third kappa shape index (κ3) is 2.48. The van der Waals surface area contributed by atoms with E-state index in [1.165, 1.54) is 12.1 Å². The van der Waals surface area contributed by atoms with Crippen LogP contribution in [0, 0.1) is 22.0 Å². The van der Waals surface area contributed by atoms with Crippen LogP contribution < -0.4 is 5.32 Å². The second kappa shape index (κ2) is 5.76. The van der Waals surface area contributed by atoms with Gasteiger partial charge in [-0.25, -0.2) is 0 Å². The zero-order chi connectivity index (χ0) is 13.4. The van der Waals surface area contributed by atoms with Crippen molar-refractivity contribution in [2.75, 3.05) is 26.2 Å². The molecule has 2 atom stereocenters. The molecule has 7 heteroatoms. The Morgan fingerprint density at radius 1 is 1.25 bits per heavy atom. The Labute approximate surface area is 122 Å². The summed E-state index contributed by atoms with van der Waals surface area (Å²) < 4.78 is 0. The number of nitro groups is 1. The van der Waals surface area contributed by atoms with Gasteiger partial charge in [0.1, 0.15) is 5.56 Å². The summed E-state index contributed by atoms with van der Waals surface area (Å²) in [4.78, 5) is 24.6. The van der Waals surface area contributed by atoms with Crippen molar-refractivity contribution in [1.82, 2.24) is 10.2 Å². The van der Waals surface area contributed by atoms with Crippen molar-refractivity contribution in [2.24, 2.45) is 11.8 Å². The largest absolute Gasteiger partial charge is 0.338 e. The lowest BCUT2D eigenvalue weighted by molar-refractivity contribution is -0.385. The van der Waals surface area contributed by atoms with Crippen molar-refractivity contribution in [2.45, 2.75) is 0 Å². The van der Waals surface area contributed by atoms with Crippen LogP contribution in [0.2, 0.25) is 0 Å². The van der Waals surface area contributed by atoms with Gasteiger partial charge in [-0.3, -0.25) is 14.9 Å². The van der Waals surface area contributed by atoms with Crippen LogP contribution in [0.4, 0.5) is 5.69 Å². The first-order valence-electron chi connectivity index (χ1n) is 6.40. The predicted octanol–water partition coefficient (Wildman–Crippen LogP) is 1.31. The van der Waals surface area contributed by atoms with E-state index >= 15 is 0 Å².